The number of anilines is 1. The van der Waals surface area contributed by atoms with Crippen LogP contribution in [0.2, 0.25) is 5.28 Å². The standard InChI is InChI=1S/C21H22ClF3N4O5S/c1-12(21(23,24)25)34-17-4-3-13(35(2,31)32)9-14(17)19(30)29-7-5-28(6-8-29)18-15-10-33-11-16(15)26-20(22)27-18/h3-4,9,12H,5-8,10-11H2,1-2H3/t12-/m0/s1. The number of rotatable bonds is 5. The van der Waals surface area contributed by atoms with E-state index >= 15 is 0 Å². The van der Waals surface area contributed by atoms with E-state index in [9.17, 15) is 26.4 Å². The Morgan fingerprint density at radius 1 is 1.17 bits per heavy atom. The highest BCUT2D eigenvalue weighted by Crippen LogP contribution is 2.32. The molecule has 1 aromatic heterocycles. The van der Waals surface area contributed by atoms with E-state index in [0.29, 0.717) is 37.8 Å². The molecule has 0 radical (unpaired) electrons. The van der Waals surface area contributed by atoms with Gasteiger partial charge in [-0.15, -0.1) is 0 Å². The Bertz CT molecular complexity index is 1250. The number of hydrogen-bond donors (Lipinski definition) is 0. The van der Waals surface area contributed by atoms with Crippen molar-refractivity contribution in [3.05, 3.63) is 40.3 Å². The minimum Gasteiger partial charge on any atom is -0.480 e. The average molecular weight is 535 g/mol. The fourth-order valence-corrected chi connectivity index (χ4v) is 4.65. The Labute approximate surface area is 204 Å². The van der Waals surface area contributed by atoms with E-state index in [0.717, 1.165) is 36.9 Å². The number of piperazine rings is 1. The zero-order chi connectivity index (χ0) is 25.5. The molecule has 1 fully saturated rings. The van der Waals surface area contributed by atoms with Crippen molar-refractivity contribution < 1.29 is 35.9 Å². The van der Waals surface area contributed by atoms with Gasteiger partial charge in [0.25, 0.3) is 5.91 Å². The molecule has 4 rings (SSSR count). The topological polar surface area (TPSA) is 102 Å². The summed E-state index contributed by atoms with van der Waals surface area (Å²) in [4.78, 5) is 24.9. The quantitative estimate of drug-likeness (QED) is 0.540. The van der Waals surface area contributed by atoms with Gasteiger partial charge < -0.3 is 19.3 Å². The van der Waals surface area contributed by atoms with Gasteiger partial charge in [0.2, 0.25) is 5.28 Å². The minimum absolute atomic E-state index is 0.0842. The van der Waals surface area contributed by atoms with Crippen molar-refractivity contribution in [3.63, 3.8) is 0 Å². The zero-order valence-electron chi connectivity index (χ0n) is 18.8. The number of nitrogens with zero attached hydrogens (tertiary/aromatic N) is 4. The second-order valence-electron chi connectivity index (χ2n) is 8.25. The molecule has 0 spiro atoms. The summed E-state index contributed by atoms with van der Waals surface area (Å²) in [5, 5.41) is 0.0842. The van der Waals surface area contributed by atoms with E-state index in [4.69, 9.17) is 21.1 Å². The van der Waals surface area contributed by atoms with Gasteiger partial charge in [-0.05, 0) is 36.7 Å². The molecule has 2 aliphatic rings. The second kappa shape index (κ2) is 9.43. The maximum Gasteiger partial charge on any atom is 0.425 e. The van der Waals surface area contributed by atoms with Gasteiger partial charge in [-0.2, -0.15) is 13.2 Å². The van der Waals surface area contributed by atoms with Crippen LogP contribution in [0, 0.1) is 0 Å². The minimum atomic E-state index is -4.66. The first-order valence-corrected chi connectivity index (χ1v) is 12.9. The normalized spacial score (nSPS) is 17.3. The molecule has 3 heterocycles. The lowest BCUT2D eigenvalue weighted by molar-refractivity contribution is -0.189. The molecule has 1 atom stereocenters. The Morgan fingerprint density at radius 3 is 2.49 bits per heavy atom. The molecule has 0 bridgehead atoms. The number of hydrogen-bond acceptors (Lipinski definition) is 8. The van der Waals surface area contributed by atoms with Crippen LogP contribution in [0.15, 0.2) is 23.1 Å². The zero-order valence-corrected chi connectivity index (χ0v) is 20.4. The number of amides is 1. The van der Waals surface area contributed by atoms with Crippen LogP contribution >= 0.6 is 11.6 Å². The molecule has 2 aromatic rings. The fraction of sp³-hybridized carbons (Fsp3) is 0.476. The fourth-order valence-electron chi connectivity index (χ4n) is 3.82. The maximum atomic E-state index is 13.3. The van der Waals surface area contributed by atoms with Crippen LogP contribution in [0.5, 0.6) is 5.75 Å². The van der Waals surface area contributed by atoms with Crippen LogP contribution in [0.1, 0.15) is 28.5 Å². The van der Waals surface area contributed by atoms with Crippen molar-refractivity contribution in [2.75, 3.05) is 37.3 Å². The largest absolute Gasteiger partial charge is 0.480 e. The third-order valence-electron chi connectivity index (χ3n) is 5.77. The van der Waals surface area contributed by atoms with Gasteiger partial charge in [0.1, 0.15) is 11.6 Å². The molecule has 190 valence electrons. The number of halogens is 4. The summed E-state index contributed by atoms with van der Waals surface area (Å²) in [6.45, 7) is 2.66. The lowest BCUT2D eigenvalue weighted by Gasteiger charge is -2.36. The molecular weight excluding hydrogens is 513 g/mol. The highest BCUT2D eigenvalue weighted by Gasteiger charge is 2.39. The molecule has 14 heteroatoms. The van der Waals surface area contributed by atoms with Gasteiger partial charge in [-0.3, -0.25) is 4.79 Å². The van der Waals surface area contributed by atoms with Crippen molar-refractivity contribution in [1.82, 2.24) is 14.9 Å². The van der Waals surface area contributed by atoms with E-state index in [1.165, 1.54) is 4.90 Å². The lowest BCUT2D eigenvalue weighted by Crippen LogP contribution is -2.49. The smallest absolute Gasteiger partial charge is 0.425 e. The average Bonchev–Trinajstić information content (AvgIpc) is 3.25. The highest BCUT2D eigenvalue weighted by atomic mass is 35.5. The summed E-state index contributed by atoms with van der Waals surface area (Å²) >= 11 is 6.04. The number of aromatic nitrogens is 2. The molecule has 1 amide bonds. The van der Waals surface area contributed by atoms with Crippen molar-refractivity contribution in [1.29, 1.82) is 0 Å². The predicted octanol–water partition coefficient (Wildman–Crippen LogP) is 2.86. The summed E-state index contributed by atoms with van der Waals surface area (Å²) in [7, 11) is -3.71. The van der Waals surface area contributed by atoms with Crippen LogP contribution in [0.3, 0.4) is 0 Å². The van der Waals surface area contributed by atoms with Crippen molar-refractivity contribution in [2.24, 2.45) is 0 Å². The first-order chi connectivity index (χ1) is 16.3. The molecule has 0 N–H and O–H groups in total. The number of ether oxygens (including phenoxy) is 2. The van der Waals surface area contributed by atoms with Crippen LogP contribution in [0.4, 0.5) is 19.0 Å². The van der Waals surface area contributed by atoms with Crippen LogP contribution in [-0.4, -0.2) is 73.9 Å². The lowest BCUT2D eigenvalue weighted by atomic mass is 10.1. The Morgan fingerprint density at radius 2 is 1.86 bits per heavy atom. The molecule has 1 saturated heterocycles. The number of carbonyl (C=O) groups excluding carboxylic acids is 1. The molecule has 2 aliphatic heterocycles. The monoisotopic (exact) mass is 534 g/mol. The highest BCUT2D eigenvalue weighted by molar-refractivity contribution is 7.90. The molecular formula is C21H22ClF3N4O5S. The third kappa shape index (κ3) is 5.46. The number of alkyl halides is 3. The summed E-state index contributed by atoms with van der Waals surface area (Å²) < 4.78 is 73.7. The SMILES string of the molecule is C[C@H](Oc1ccc(S(C)(=O)=O)cc1C(=O)N1CCN(c2nc(Cl)nc3c2COC3)CC1)C(F)(F)F. The summed E-state index contributed by atoms with van der Waals surface area (Å²) in [5.74, 6) is -0.354. The first-order valence-electron chi connectivity index (χ1n) is 10.6. The number of benzene rings is 1. The van der Waals surface area contributed by atoms with E-state index in [-0.39, 0.29) is 34.6 Å². The molecule has 35 heavy (non-hydrogen) atoms. The van der Waals surface area contributed by atoms with E-state index < -0.39 is 28.0 Å². The molecule has 9 nitrogen and oxygen atoms in total. The van der Waals surface area contributed by atoms with Crippen molar-refractivity contribution in [3.8, 4) is 5.75 Å². The van der Waals surface area contributed by atoms with Gasteiger partial charge in [-0.25, -0.2) is 18.4 Å². The van der Waals surface area contributed by atoms with Crippen LogP contribution in [-0.2, 0) is 27.8 Å². The van der Waals surface area contributed by atoms with E-state index in [1.54, 1.807) is 0 Å². The first kappa shape index (κ1) is 25.5. The maximum absolute atomic E-state index is 13.3. The number of sulfone groups is 1. The third-order valence-corrected chi connectivity index (χ3v) is 7.05. The molecule has 0 unspecified atom stereocenters. The van der Waals surface area contributed by atoms with Crippen molar-refractivity contribution in [2.45, 2.75) is 37.3 Å². The Hall–Kier alpha value is -2.64. The van der Waals surface area contributed by atoms with E-state index in [1.807, 2.05) is 4.90 Å². The Kier molecular flexibility index (Phi) is 6.86. The Balaban J connectivity index is 1.57. The van der Waals surface area contributed by atoms with Crippen LogP contribution < -0.4 is 9.64 Å². The van der Waals surface area contributed by atoms with Gasteiger partial charge >= 0.3 is 6.18 Å². The van der Waals surface area contributed by atoms with Crippen molar-refractivity contribution >= 4 is 33.2 Å². The summed E-state index contributed by atoms with van der Waals surface area (Å²) in [6.07, 6.45) is -5.91. The molecule has 0 aliphatic carbocycles. The predicted molar refractivity (Wildman–Crippen MR) is 119 cm³/mol. The summed E-state index contributed by atoms with van der Waals surface area (Å²) in [5.41, 5.74) is 1.28. The second-order valence-corrected chi connectivity index (χ2v) is 10.6. The molecule has 1 aromatic carbocycles. The molecule has 0 saturated carbocycles. The van der Waals surface area contributed by atoms with Crippen LogP contribution in [0.25, 0.3) is 0 Å². The van der Waals surface area contributed by atoms with Gasteiger partial charge in [-0.1, -0.05) is 0 Å². The summed E-state index contributed by atoms with van der Waals surface area (Å²) in [6, 6.07) is 3.25. The van der Waals surface area contributed by atoms with Gasteiger partial charge in [0, 0.05) is 38.0 Å². The number of fused-ring (bicyclic) bond motifs is 1. The van der Waals surface area contributed by atoms with Gasteiger partial charge in [0.05, 0.1) is 29.4 Å². The van der Waals surface area contributed by atoms with E-state index in [2.05, 4.69) is 9.97 Å². The van der Waals surface area contributed by atoms with Gasteiger partial charge in [0.15, 0.2) is 15.9 Å². The number of carbonyl (C=O) groups is 1.